The Morgan fingerprint density at radius 2 is 1.89 bits per heavy atom. The summed E-state index contributed by atoms with van der Waals surface area (Å²) in [5, 5.41) is 0.436. The Morgan fingerprint density at radius 1 is 1.14 bits per heavy atom. The molecule has 0 bridgehead atoms. The zero-order valence-electron chi connectivity index (χ0n) is 16.2. The van der Waals surface area contributed by atoms with Crippen molar-refractivity contribution in [1.82, 2.24) is 14.9 Å². The van der Waals surface area contributed by atoms with E-state index in [1.165, 1.54) is 7.11 Å². The van der Waals surface area contributed by atoms with Gasteiger partial charge in [-0.1, -0.05) is 12.1 Å². The normalized spacial score (nSPS) is 11.0. The van der Waals surface area contributed by atoms with Crippen LogP contribution in [-0.2, 0) is 17.8 Å². The standard InChI is InChI=1S/C21H23N3O4/c1-4-28-16-8-5-14(6-9-16)12-24(2)13-19-22-18-11-15(21(26)27-3)7-10-17(18)20(25)23-19/h5-11H,4,12-13H2,1-3H3,(H,22,23,25). The molecule has 0 aliphatic rings. The number of fused-ring (bicyclic) bond motifs is 1. The Kier molecular flexibility index (Phi) is 6.06. The fourth-order valence-electron chi connectivity index (χ4n) is 2.99. The van der Waals surface area contributed by atoms with Gasteiger partial charge < -0.3 is 14.5 Å². The van der Waals surface area contributed by atoms with Gasteiger partial charge in [0, 0.05) is 6.54 Å². The smallest absolute Gasteiger partial charge is 0.337 e. The fraction of sp³-hybridized carbons (Fsp3) is 0.286. The molecule has 2 aromatic carbocycles. The molecule has 0 atom stereocenters. The third kappa shape index (κ3) is 4.55. The minimum absolute atomic E-state index is 0.231. The molecular weight excluding hydrogens is 358 g/mol. The second-order valence-electron chi connectivity index (χ2n) is 6.49. The van der Waals surface area contributed by atoms with Gasteiger partial charge in [0.05, 0.1) is 36.7 Å². The fourth-order valence-corrected chi connectivity index (χ4v) is 2.99. The number of H-pyrrole nitrogens is 1. The minimum atomic E-state index is -0.460. The third-order valence-corrected chi connectivity index (χ3v) is 4.28. The van der Waals surface area contributed by atoms with Crippen LogP contribution < -0.4 is 10.3 Å². The molecule has 0 aliphatic carbocycles. The summed E-state index contributed by atoms with van der Waals surface area (Å²) in [7, 11) is 3.27. The molecule has 0 amide bonds. The molecule has 1 N–H and O–H groups in total. The monoisotopic (exact) mass is 381 g/mol. The van der Waals surface area contributed by atoms with Gasteiger partial charge in [-0.15, -0.1) is 0 Å². The Balaban J connectivity index is 1.77. The zero-order chi connectivity index (χ0) is 20.1. The second-order valence-corrected chi connectivity index (χ2v) is 6.49. The van der Waals surface area contributed by atoms with E-state index in [0.29, 0.717) is 42.0 Å². The highest BCUT2D eigenvalue weighted by molar-refractivity contribution is 5.93. The SMILES string of the molecule is CCOc1ccc(CN(C)Cc2nc3cc(C(=O)OC)ccc3c(=O)[nH]2)cc1. The van der Waals surface area contributed by atoms with Crippen LogP contribution in [0.2, 0.25) is 0 Å². The maximum Gasteiger partial charge on any atom is 0.337 e. The van der Waals surface area contributed by atoms with E-state index in [9.17, 15) is 9.59 Å². The van der Waals surface area contributed by atoms with Crippen LogP contribution in [0.3, 0.4) is 0 Å². The van der Waals surface area contributed by atoms with Crippen LogP contribution >= 0.6 is 0 Å². The van der Waals surface area contributed by atoms with Crippen LogP contribution in [0.15, 0.2) is 47.3 Å². The van der Waals surface area contributed by atoms with Crippen molar-refractivity contribution in [2.75, 3.05) is 20.8 Å². The van der Waals surface area contributed by atoms with Gasteiger partial charge in [0.15, 0.2) is 0 Å². The molecule has 0 fully saturated rings. The van der Waals surface area contributed by atoms with Gasteiger partial charge >= 0.3 is 5.97 Å². The number of hydrogen-bond donors (Lipinski definition) is 1. The first-order valence-electron chi connectivity index (χ1n) is 9.01. The lowest BCUT2D eigenvalue weighted by Gasteiger charge is -2.16. The summed E-state index contributed by atoms with van der Waals surface area (Å²) < 4.78 is 10.2. The molecule has 0 spiro atoms. The van der Waals surface area contributed by atoms with Crippen molar-refractivity contribution in [3.63, 3.8) is 0 Å². The van der Waals surface area contributed by atoms with Crippen LogP contribution in [0.5, 0.6) is 5.75 Å². The number of aromatic amines is 1. The summed E-state index contributed by atoms with van der Waals surface area (Å²) >= 11 is 0. The molecule has 7 nitrogen and oxygen atoms in total. The Morgan fingerprint density at radius 3 is 2.57 bits per heavy atom. The summed E-state index contributed by atoms with van der Waals surface area (Å²) in [5.41, 5.74) is 1.73. The van der Waals surface area contributed by atoms with E-state index >= 15 is 0 Å². The number of hydrogen-bond acceptors (Lipinski definition) is 6. The number of nitrogens with one attached hydrogen (secondary N) is 1. The van der Waals surface area contributed by atoms with Gasteiger partial charge in [0.25, 0.3) is 5.56 Å². The number of aromatic nitrogens is 2. The van der Waals surface area contributed by atoms with Crippen LogP contribution in [0.4, 0.5) is 0 Å². The van der Waals surface area contributed by atoms with Gasteiger partial charge in [0.1, 0.15) is 11.6 Å². The van der Waals surface area contributed by atoms with Gasteiger partial charge in [-0.2, -0.15) is 0 Å². The molecule has 28 heavy (non-hydrogen) atoms. The Bertz CT molecular complexity index is 1030. The Labute approximate surface area is 162 Å². The summed E-state index contributed by atoms with van der Waals surface area (Å²) in [6.07, 6.45) is 0. The van der Waals surface area contributed by atoms with Crippen molar-refractivity contribution in [3.8, 4) is 5.75 Å². The van der Waals surface area contributed by atoms with E-state index in [2.05, 4.69) is 9.97 Å². The van der Waals surface area contributed by atoms with Crippen LogP contribution in [-0.4, -0.2) is 41.6 Å². The molecular formula is C21H23N3O4. The first-order valence-corrected chi connectivity index (χ1v) is 9.01. The Hall–Kier alpha value is -3.19. The van der Waals surface area contributed by atoms with E-state index < -0.39 is 5.97 Å². The molecule has 3 rings (SSSR count). The first kappa shape index (κ1) is 19.6. The van der Waals surface area contributed by atoms with E-state index in [4.69, 9.17) is 9.47 Å². The predicted octanol–water partition coefficient (Wildman–Crippen LogP) is 2.74. The topological polar surface area (TPSA) is 84.5 Å². The number of benzene rings is 2. The van der Waals surface area contributed by atoms with E-state index in [1.807, 2.05) is 43.1 Å². The highest BCUT2D eigenvalue weighted by Gasteiger charge is 2.11. The van der Waals surface area contributed by atoms with Crippen molar-refractivity contribution in [2.24, 2.45) is 0 Å². The third-order valence-electron chi connectivity index (χ3n) is 4.28. The predicted molar refractivity (Wildman–Crippen MR) is 106 cm³/mol. The molecule has 0 saturated carbocycles. The first-order chi connectivity index (χ1) is 13.5. The lowest BCUT2D eigenvalue weighted by Crippen LogP contribution is -2.22. The number of nitrogens with zero attached hydrogens (tertiary/aromatic N) is 2. The lowest BCUT2D eigenvalue weighted by atomic mass is 10.1. The van der Waals surface area contributed by atoms with Crippen LogP contribution in [0, 0.1) is 0 Å². The van der Waals surface area contributed by atoms with Gasteiger partial charge in [-0.3, -0.25) is 9.69 Å². The number of ether oxygens (including phenoxy) is 2. The molecule has 0 radical (unpaired) electrons. The van der Waals surface area contributed by atoms with Crippen molar-refractivity contribution >= 4 is 16.9 Å². The average molecular weight is 381 g/mol. The molecule has 3 aromatic rings. The number of methoxy groups -OCH3 is 1. The lowest BCUT2D eigenvalue weighted by molar-refractivity contribution is 0.0601. The highest BCUT2D eigenvalue weighted by atomic mass is 16.5. The quantitative estimate of drug-likeness (QED) is 0.634. The summed E-state index contributed by atoms with van der Waals surface area (Å²) in [5.74, 6) is 0.918. The van der Waals surface area contributed by atoms with Crippen LogP contribution in [0.25, 0.3) is 10.9 Å². The van der Waals surface area contributed by atoms with Gasteiger partial charge in [-0.05, 0) is 49.9 Å². The second kappa shape index (κ2) is 8.67. The van der Waals surface area contributed by atoms with Crippen molar-refractivity contribution < 1.29 is 14.3 Å². The maximum atomic E-state index is 12.3. The number of esters is 1. The van der Waals surface area contributed by atoms with Crippen molar-refractivity contribution in [2.45, 2.75) is 20.0 Å². The largest absolute Gasteiger partial charge is 0.494 e. The van der Waals surface area contributed by atoms with E-state index in [0.717, 1.165) is 11.3 Å². The van der Waals surface area contributed by atoms with E-state index in [-0.39, 0.29) is 5.56 Å². The molecule has 1 aromatic heterocycles. The number of carbonyl (C=O) groups is 1. The number of carbonyl (C=O) groups excluding carboxylic acids is 1. The highest BCUT2D eigenvalue weighted by Crippen LogP contribution is 2.15. The van der Waals surface area contributed by atoms with Crippen molar-refractivity contribution in [3.05, 3.63) is 69.8 Å². The average Bonchev–Trinajstić information content (AvgIpc) is 2.68. The van der Waals surface area contributed by atoms with Gasteiger partial charge in [-0.25, -0.2) is 9.78 Å². The van der Waals surface area contributed by atoms with Crippen molar-refractivity contribution in [1.29, 1.82) is 0 Å². The van der Waals surface area contributed by atoms with Crippen LogP contribution in [0.1, 0.15) is 28.7 Å². The summed E-state index contributed by atoms with van der Waals surface area (Å²) in [6, 6.07) is 12.6. The zero-order valence-corrected chi connectivity index (χ0v) is 16.2. The molecule has 1 heterocycles. The maximum absolute atomic E-state index is 12.3. The molecule has 0 aliphatic heterocycles. The minimum Gasteiger partial charge on any atom is -0.494 e. The molecule has 0 unspecified atom stereocenters. The molecule has 0 saturated heterocycles. The number of rotatable bonds is 7. The van der Waals surface area contributed by atoms with Gasteiger partial charge in [0.2, 0.25) is 0 Å². The molecule has 7 heteroatoms. The summed E-state index contributed by atoms with van der Waals surface area (Å²) in [6.45, 7) is 3.74. The molecule has 146 valence electrons. The van der Waals surface area contributed by atoms with E-state index in [1.54, 1.807) is 18.2 Å². The summed E-state index contributed by atoms with van der Waals surface area (Å²) in [4.78, 5) is 33.4.